The van der Waals surface area contributed by atoms with E-state index in [4.69, 9.17) is 37.9 Å². The molecule has 5 heterocycles. The minimum Gasteiger partial charge on any atom is -0.394 e. The minimum atomic E-state index is -1.86. The van der Waals surface area contributed by atoms with Crippen molar-refractivity contribution < 1.29 is 89.0 Å². The molecule has 360 valence electrons. The second-order valence-electron chi connectivity index (χ2n) is 21.2. The van der Waals surface area contributed by atoms with Crippen molar-refractivity contribution in [3.8, 4) is 0 Å². The number of allylic oxidation sites excluding steroid dienone is 1. The molecule has 0 bridgehead atoms. The number of rotatable bonds is 8. The van der Waals surface area contributed by atoms with E-state index in [1.807, 2.05) is 0 Å². The van der Waals surface area contributed by atoms with Gasteiger partial charge in [0, 0.05) is 30.1 Å². The first-order valence-electron chi connectivity index (χ1n) is 23.5. The lowest BCUT2D eigenvalue weighted by Crippen LogP contribution is -2.67. The molecular formula is C45H72O18. The minimum absolute atomic E-state index is 0.0388. The summed E-state index contributed by atoms with van der Waals surface area (Å²) in [5, 5.41) is 109. The van der Waals surface area contributed by atoms with Gasteiger partial charge in [0.05, 0.1) is 43.7 Å². The SMILES string of the molecule is CC1CC[C@@]2(OC1)O[C@H]1CC3(O)[C@@H]4CC=C5C[C@@H](O[C@@H]6O[C@H](CO)[C@@H](O)[C@H](O[C@@H]7O[C@H](CO)[C@@H](O)[C@H](O)[C@H]7O)[C@H]6O[C@@H]6O[C@@H](C)[C@H](O)[C@@H](O)[C@H]6O)CC[C@]5(C)[C@H]4CC[C@]3(C)[C@H]1[C@@H]2C. The maximum absolute atomic E-state index is 13.0. The monoisotopic (exact) mass is 900 g/mol. The molecule has 10 N–H and O–H groups in total. The molecule has 0 aromatic heterocycles. The van der Waals surface area contributed by atoms with Gasteiger partial charge in [0.15, 0.2) is 24.7 Å². The Kier molecular flexibility index (Phi) is 12.9. The number of hydrogen-bond acceptors (Lipinski definition) is 18. The number of aliphatic hydroxyl groups excluding tert-OH is 9. The fourth-order valence-corrected chi connectivity index (χ4v) is 14.0. The summed E-state index contributed by atoms with van der Waals surface area (Å²) in [7, 11) is 0. The van der Waals surface area contributed by atoms with E-state index in [0.717, 1.165) is 32.1 Å². The van der Waals surface area contributed by atoms with Crippen molar-refractivity contribution in [3.63, 3.8) is 0 Å². The van der Waals surface area contributed by atoms with E-state index in [0.29, 0.717) is 38.2 Å². The first-order chi connectivity index (χ1) is 29.8. The fraction of sp³-hybridized carbons (Fsp3) is 0.956. The molecule has 63 heavy (non-hydrogen) atoms. The van der Waals surface area contributed by atoms with Crippen LogP contribution in [0, 0.1) is 40.4 Å². The Hall–Kier alpha value is -0.980. The molecule has 18 heteroatoms. The molecule has 5 aliphatic heterocycles. The number of fused-ring (bicyclic) bond motifs is 7. The van der Waals surface area contributed by atoms with Crippen LogP contribution < -0.4 is 0 Å². The van der Waals surface area contributed by atoms with E-state index in [9.17, 15) is 51.1 Å². The summed E-state index contributed by atoms with van der Waals surface area (Å²) in [4.78, 5) is 0. The fourth-order valence-electron chi connectivity index (χ4n) is 14.0. The molecule has 0 amide bonds. The summed E-state index contributed by atoms with van der Waals surface area (Å²) in [5.74, 6) is 0.539. The summed E-state index contributed by atoms with van der Waals surface area (Å²) in [6.45, 7) is 9.79. The molecule has 4 aliphatic carbocycles. The molecule has 2 unspecified atom stereocenters. The first kappa shape index (κ1) is 47.1. The van der Waals surface area contributed by atoms with Gasteiger partial charge in [-0.05, 0) is 75.0 Å². The Morgan fingerprint density at radius 2 is 1.33 bits per heavy atom. The van der Waals surface area contributed by atoms with Gasteiger partial charge in [-0.3, -0.25) is 0 Å². The molecule has 26 atom stereocenters. The molecule has 0 radical (unpaired) electrons. The largest absolute Gasteiger partial charge is 0.394 e. The highest BCUT2D eigenvalue weighted by molar-refractivity contribution is 5.29. The zero-order valence-electron chi connectivity index (χ0n) is 37.0. The maximum atomic E-state index is 13.0. The van der Waals surface area contributed by atoms with Crippen molar-refractivity contribution in [2.24, 2.45) is 40.4 Å². The van der Waals surface area contributed by atoms with Crippen LogP contribution in [0.3, 0.4) is 0 Å². The number of ether oxygens (including phenoxy) is 8. The average molecular weight is 901 g/mol. The highest BCUT2D eigenvalue weighted by Gasteiger charge is 2.74. The molecule has 9 rings (SSSR count). The van der Waals surface area contributed by atoms with E-state index >= 15 is 0 Å². The van der Waals surface area contributed by atoms with Crippen LogP contribution in [0.5, 0.6) is 0 Å². The Morgan fingerprint density at radius 1 is 0.683 bits per heavy atom. The van der Waals surface area contributed by atoms with Crippen molar-refractivity contribution >= 4 is 0 Å². The third kappa shape index (κ3) is 7.44. The van der Waals surface area contributed by atoms with Gasteiger partial charge in [-0.15, -0.1) is 0 Å². The average Bonchev–Trinajstić information content (AvgIpc) is 3.66. The predicted molar refractivity (Wildman–Crippen MR) is 216 cm³/mol. The van der Waals surface area contributed by atoms with E-state index in [-0.39, 0.29) is 40.6 Å². The highest BCUT2D eigenvalue weighted by atomic mass is 16.8. The van der Waals surface area contributed by atoms with E-state index in [2.05, 4.69) is 33.8 Å². The normalized spacial score (nSPS) is 58.1. The van der Waals surface area contributed by atoms with Crippen LogP contribution in [-0.4, -0.2) is 187 Å². The molecule has 9 aliphatic rings. The van der Waals surface area contributed by atoms with Crippen LogP contribution >= 0.6 is 0 Å². The number of aliphatic hydroxyl groups is 10. The van der Waals surface area contributed by atoms with Crippen LogP contribution in [0.1, 0.15) is 92.4 Å². The summed E-state index contributed by atoms with van der Waals surface area (Å²) < 4.78 is 50.0. The molecule has 1 spiro atoms. The lowest BCUT2D eigenvalue weighted by molar-refractivity contribution is -0.394. The lowest BCUT2D eigenvalue weighted by atomic mass is 9.45. The van der Waals surface area contributed by atoms with Crippen molar-refractivity contribution in [2.75, 3.05) is 19.8 Å². The second kappa shape index (κ2) is 17.2. The van der Waals surface area contributed by atoms with E-state index < -0.39 is 123 Å². The van der Waals surface area contributed by atoms with Crippen molar-refractivity contribution in [1.82, 2.24) is 0 Å². The van der Waals surface area contributed by atoms with E-state index in [1.54, 1.807) is 0 Å². The molecule has 0 aromatic carbocycles. The standard InChI is InChI=1S/C45H72O18/c1-19-8-13-45(56-18-19)20(2)29-26(63-45)15-44(55)25-7-6-22-14-23(9-11-42(22,4)24(25)10-12-43(29,44)5)58-41-38(62-39-35(53)33(51)30(48)21(3)57-39)37(32(50)28(17-47)60-41)61-40-36(54)34(52)31(49)27(16-46)59-40/h6,19-21,23-41,46-55H,7-18H2,1-5H3/t19?,20-,21-,23-,24-,25+,26-,27+,28+,29-,30-,31+,32+,33+,34-,35+,36+,37-,38+,39-,40-,41+,42-,43+,44?,45+/m0/s1. The Bertz CT molecular complexity index is 1660. The quantitative estimate of drug-likeness (QED) is 0.135. The van der Waals surface area contributed by atoms with Crippen LogP contribution in [0.4, 0.5) is 0 Å². The topological polar surface area (TPSA) is 276 Å². The van der Waals surface area contributed by atoms with Gasteiger partial charge in [0.1, 0.15) is 67.1 Å². The third-order valence-electron chi connectivity index (χ3n) is 17.9. The third-order valence-corrected chi connectivity index (χ3v) is 17.9. The molecular weight excluding hydrogens is 828 g/mol. The molecule has 8 fully saturated rings. The Morgan fingerprint density at radius 3 is 2.02 bits per heavy atom. The van der Waals surface area contributed by atoms with Crippen molar-refractivity contribution in [2.45, 2.75) is 208 Å². The van der Waals surface area contributed by atoms with Gasteiger partial charge in [-0.1, -0.05) is 39.3 Å². The molecule has 0 aromatic rings. The van der Waals surface area contributed by atoms with Crippen LogP contribution in [0.25, 0.3) is 0 Å². The maximum Gasteiger partial charge on any atom is 0.187 e. The Balaban J connectivity index is 0.952. The number of hydrogen-bond donors (Lipinski definition) is 10. The summed E-state index contributed by atoms with van der Waals surface area (Å²) >= 11 is 0. The van der Waals surface area contributed by atoms with Gasteiger partial charge >= 0.3 is 0 Å². The predicted octanol–water partition coefficient (Wildman–Crippen LogP) is -0.671. The lowest BCUT2D eigenvalue weighted by Gasteiger charge is -2.62. The van der Waals surface area contributed by atoms with Gasteiger partial charge in [-0.25, -0.2) is 0 Å². The van der Waals surface area contributed by atoms with Crippen molar-refractivity contribution in [1.29, 1.82) is 0 Å². The zero-order chi connectivity index (χ0) is 45.1. The van der Waals surface area contributed by atoms with Crippen LogP contribution in [0.15, 0.2) is 11.6 Å². The zero-order valence-corrected chi connectivity index (χ0v) is 37.0. The highest BCUT2D eigenvalue weighted by Crippen LogP contribution is 2.72. The van der Waals surface area contributed by atoms with Gasteiger partial charge in [-0.2, -0.15) is 0 Å². The molecule has 5 saturated heterocycles. The van der Waals surface area contributed by atoms with Gasteiger partial charge in [0.25, 0.3) is 0 Å². The van der Waals surface area contributed by atoms with E-state index in [1.165, 1.54) is 12.5 Å². The molecule has 18 nitrogen and oxygen atoms in total. The second-order valence-corrected chi connectivity index (χ2v) is 21.2. The molecule has 3 saturated carbocycles. The summed E-state index contributed by atoms with van der Waals surface area (Å²) in [6, 6.07) is 0. The van der Waals surface area contributed by atoms with Gasteiger partial charge < -0.3 is 89.0 Å². The summed E-state index contributed by atoms with van der Waals surface area (Å²) in [5.41, 5.74) is -0.266. The smallest absolute Gasteiger partial charge is 0.187 e. The van der Waals surface area contributed by atoms with Crippen LogP contribution in [-0.2, 0) is 37.9 Å². The van der Waals surface area contributed by atoms with Crippen molar-refractivity contribution in [3.05, 3.63) is 11.6 Å². The Labute approximate surface area is 368 Å². The summed E-state index contributed by atoms with van der Waals surface area (Å²) in [6.07, 6.45) is -14.9. The first-order valence-corrected chi connectivity index (χ1v) is 23.5. The van der Waals surface area contributed by atoms with Crippen LogP contribution in [0.2, 0.25) is 0 Å². The van der Waals surface area contributed by atoms with Gasteiger partial charge in [0.2, 0.25) is 0 Å².